The van der Waals surface area contributed by atoms with Gasteiger partial charge in [-0.25, -0.2) is 13.2 Å². The zero-order chi connectivity index (χ0) is 30.6. The van der Waals surface area contributed by atoms with Crippen LogP contribution in [0, 0.1) is 24.0 Å². The lowest BCUT2D eigenvalue weighted by atomic mass is 9.93. The van der Waals surface area contributed by atoms with Gasteiger partial charge in [-0.3, -0.25) is 4.90 Å². The van der Waals surface area contributed by atoms with Gasteiger partial charge in [0.05, 0.1) is 22.7 Å². The van der Waals surface area contributed by atoms with Crippen LogP contribution in [0.25, 0.3) is 32.8 Å². The second-order valence-electron chi connectivity index (χ2n) is 11.7. The highest BCUT2D eigenvalue weighted by Crippen LogP contribution is 2.44. The molecule has 228 valence electrons. The van der Waals surface area contributed by atoms with Crippen LogP contribution in [0.1, 0.15) is 31.2 Å². The minimum Gasteiger partial charge on any atom is -0.508 e. The lowest BCUT2D eigenvalue weighted by Crippen LogP contribution is -2.43. The lowest BCUT2D eigenvalue weighted by molar-refractivity contribution is 0.107. The van der Waals surface area contributed by atoms with E-state index in [1.165, 1.54) is 24.3 Å². The zero-order valence-electron chi connectivity index (χ0n) is 23.9. The van der Waals surface area contributed by atoms with Crippen molar-refractivity contribution in [1.82, 2.24) is 14.9 Å². The van der Waals surface area contributed by atoms with Crippen LogP contribution in [0.3, 0.4) is 0 Å². The normalized spacial score (nSPS) is 22.3. The van der Waals surface area contributed by atoms with E-state index in [1.807, 2.05) is 4.90 Å². The summed E-state index contributed by atoms with van der Waals surface area (Å²) in [5.41, 5.74) is -0.543. The predicted octanol–water partition coefficient (Wildman–Crippen LogP) is 6.25. The van der Waals surface area contributed by atoms with Crippen LogP contribution in [0.4, 0.5) is 19.0 Å². The molecule has 7 rings (SSSR count). The van der Waals surface area contributed by atoms with Crippen LogP contribution in [0.2, 0.25) is 5.02 Å². The van der Waals surface area contributed by atoms with E-state index in [1.54, 1.807) is 6.07 Å². The summed E-state index contributed by atoms with van der Waals surface area (Å²) < 4.78 is 57.9. The van der Waals surface area contributed by atoms with Gasteiger partial charge in [-0.15, -0.1) is 6.42 Å². The van der Waals surface area contributed by atoms with Gasteiger partial charge < -0.3 is 19.5 Å². The molecule has 0 aliphatic carbocycles. The average Bonchev–Trinajstić information content (AvgIpc) is 3.38. The largest absolute Gasteiger partial charge is 0.508 e. The number of hydrogen-bond acceptors (Lipinski definition) is 7. The third-order valence-electron chi connectivity index (χ3n) is 9.06. The second-order valence-corrected chi connectivity index (χ2v) is 12.2. The number of alkyl halides is 1. The maximum Gasteiger partial charge on any atom is 0.319 e. The third-order valence-corrected chi connectivity index (χ3v) is 9.36. The fourth-order valence-electron chi connectivity index (χ4n) is 7.08. The molecule has 0 unspecified atom stereocenters. The first-order valence-corrected chi connectivity index (χ1v) is 15.1. The van der Waals surface area contributed by atoms with Gasteiger partial charge in [0.1, 0.15) is 35.7 Å². The zero-order valence-corrected chi connectivity index (χ0v) is 24.6. The number of benzene rings is 3. The van der Waals surface area contributed by atoms with Crippen molar-refractivity contribution in [2.45, 2.75) is 37.4 Å². The molecule has 0 amide bonds. The number of phenolic OH excluding ortho intramolecular Hbond substituents is 1. The molecule has 0 bridgehead atoms. The first-order valence-electron chi connectivity index (χ1n) is 14.7. The Kier molecular flexibility index (Phi) is 7.43. The summed E-state index contributed by atoms with van der Waals surface area (Å²) >= 11 is 6.80. The monoisotopic (exact) mass is 622 g/mol. The molecule has 0 saturated carbocycles. The quantitative estimate of drug-likeness (QED) is 0.264. The highest BCUT2D eigenvalue weighted by atomic mass is 35.5. The maximum atomic E-state index is 16.9. The van der Waals surface area contributed by atoms with Crippen molar-refractivity contribution in [3.63, 3.8) is 0 Å². The second kappa shape index (κ2) is 11.3. The fourth-order valence-corrected chi connectivity index (χ4v) is 7.37. The summed E-state index contributed by atoms with van der Waals surface area (Å²) in [6.07, 6.45) is 7.59. The molecule has 2 atom stereocenters. The number of nitrogens with zero attached hydrogens (tertiary/aromatic N) is 4. The van der Waals surface area contributed by atoms with Crippen molar-refractivity contribution in [3.05, 3.63) is 52.6 Å². The van der Waals surface area contributed by atoms with E-state index < -0.39 is 23.3 Å². The molecule has 3 fully saturated rings. The maximum absolute atomic E-state index is 16.9. The number of rotatable bonds is 5. The molecule has 1 N–H and O–H groups in total. The Labute approximate surface area is 257 Å². The SMILES string of the molecule is C#Cc1c(F)ccc2cc(O)cc(-c3c(Cl)cc4c(N5CCCOCC5)nc(OC[C@@]56CCCN5C[C@H](F)C6)nc4c3F)c12. The summed E-state index contributed by atoms with van der Waals surface area (Å²) in [5.74, 6) is 1.18. The highest BCUT2D eigenvalue weighted by molar-refractivity contribution is 6.35. The van der Waals surface area contributed by atoms with Crippen LogP contribution in [-0.4, -0.2) is 77.7 Å². The number of aromatic nitrogens is 2. The van der Waals surface area contributed by atoms with Gasteiger partial charge in [-0.2, -0.15) is 9.97 Å². The van der Waals surface area contributed by atoms with E-state index in [2.05, 4.69) is 15.8 Å². The van der Waals surface area contributed by atoms with E-state index in [4.69, 9.17) is 32.5 Å². The van der Waals surface area contributed by atoms with Crippen LogP contribution in [-0.2, 0) is 4.74 Å². The molecule has 3 saturated heterocycles. The van der Waals surface area contributed by atoms with Crippen molar-refractivity contribution in [1.29, 1.82) is 0 Å². The predicted molar refractivity (Wildman–Crippen MR) is 163 cm³/mol. The number of halogens is 4. The topological polar surface area (TPSA) is 71.0 Å². The average molecular weight is 623 g/mol. The van der Waals surface area contributed by atoms with Crippen molar-refractivity contribution in [3.8, 4) is 35.2 Å². The number of hydrogen-bond donors (Lipinski definition) is 1. The summed E-state index contributed by atoms with van der Waals surface area (Å²) in [6, 6.07) is 6.94. The van der Waals surface area contributed by atoms with Gasteiger partial charge in [0.2, 0.25) is 0 Å². The van der Waals surface area contributed by atoms with Crippen molar-refractivity contribution < 1.29 is 27.8 Å². The van der Waals surface area contributed by atoms with Crippen LogP contribution in [0.5, 0.6) is 11.8 Å². The molecule has 7 nitrogen and oxygen atoms in total. The van der Waals surface area contributed by atoms with Crippen LogP contribution < -0.4 is 9.64 Å². The molecule has 3 aliphatic heterocycles. The van der Waals surface area contributed by atoms with E-state index in [0.29, 0.717) is 55.9 Å². The highest BCUT2D eigenvalue weighted by Gasteiger charge is 2.49. The fraction of sp³-hybridized carbons (Fsp3) is 0.394. The molecule has 11 heteroatoms. The molecule has 4 aromatic rings. The summed E-state index contributed by atoms with van der Waals surface area (Å²) in [4.78, 5) is 13.4. The van der Waals surface area contributed by atoms with E-state index in [0.717, 1.165) is 25.8 Å². The summed E-state index contributed by atoms with van der Waals surface area (Å²) in [5, 5.41) is 11.6. The third kappa shape index (κ3) is 4.87. The first kappa shape index (κ1) is 29.0. The Hall–Kier alpha value is -3.78. The summed E-state index contributed by atoms with van der Waals surface area (Å²) in [7, 11) is 0. The number of aromatic hydroxyl groups is 1. The molecule has 3 aromatic carbocycles. The number of phenols is 1. The Morgan fingerprint density at radius 2 is 2.00 bits per heavy atom. The van der Waals surface area contributed by atoms with E-state index >= 15 is 4.39 Å². The minimum atomic E-state index is -0.930. The van der Waals surface area contributed by atoms with Crippen molar-refractivity contribution in [2.24, 2.45) is 0 Å². The standard InChI is InChI=1S/C33H30ClF3N4O3/c1-2-22-26(36)6-5-19-13-21(42)14-23(27(19)22)28-25(34)15-24-30(29(28)37)38-32(39-31(24)40-8-4-11-43-12-10-40)44-18-33-7-3-9-41(33)17-20(35)16-33/h1,5-6,13-15,20,42H,3-4,7-12,16-18H2/t20-,33+/m1/s1. The molecule has 3 aliphatic rings. The molecule has 1 aromatic heterocycles. The molecular formula is C33H30ClF3N4O3. The number of terminal acetylenes is 1. The molecule has 4 heterocycles. The van der Waals surface area contributed by atoms with Gasteiger partial charge in [0.25, 0.3) is 0 Å². The summed E-state index contributed by atoms with van der Waals surface area (Å²) in [6.45, 7) is 3.51. The number of fused-ring (bicyclic) bond motifs is 3. The van der Waals surface area contributed by atoms with E-state index in [9.17, 15) is 13.9 Å². The molecule has 44 heavy (non-hydrogen) atoms. The Bertz CT molecular complexity index is 1820. The van der Waals surface area contributed by atoms with Crippen molar-refractivity contribution >= 4 is 39.1 Å². The van der Waals surface area contributed by atoms with E-state index in [-0.39, 0.29) is 51.0 Å². The molecule has 0 radical (unpaired) electrons. The van der Waals surface area contributed by atoms with Gasteiger partial charge in [-0.1, -0.05) is 23.6 Å². The minimum absolute atomic E-state index is 0.0131. The lowest BCUT2D eigenvalue weighted by Gasteiger charge is -2.31. The van der Waals surface area contributed by atoms with Crippen molar-refractivity contribution in [2.75, 3.05) is 50.9 Å². The van der Waals surface area contributed by atoms with Crippen LogP contribution >= 0.6 is 11.6 Å². The molecular weight excluding hydrogens is 593 g/mol. The Morgan fingerprint density at radius 1 is 1.14 bits per heavy atom. The number of ether oxygens (including phenoxy) is 2. The van der Waals surface area contributed by atoms with Gasteiger partial charge >= 0.3 is 6.01 Å². The smallest absolute Gasteiger partial charge is 0.319 e. The van der Waals surface area contributed by atoms with Gasteiger partial charge in [-0.05, 0) is 61.0 Å². The Balaban J connectivity index is 1.41. The Morgan fingerprint density at radius 3 is 2.84 bits per heavy atom. The van der Waals surface area contributed by atoms with Gasteiger partial charge in [0, 0.05) is 49.0 Å². The molecule has 0 spiro atoms. The van der Waals surface area contributed by atoms with Gasteiger partial charge in [0.15, 0.2) is 5.82 Å². The number of anilines is 1. The first-order chi connectivity index (χ1) is 21.3. The van der Waals surface area contributed by atoms with Crippen LogP contribution in [0.15, 0.2) is 30.3 Å².